The molecule has 2 saturated heterocycles. The number of carbonyl (C=O) groups excluding carboxylic acids is 3. The highest BCUT2D eigenvalue weighted by Gasteiger charge is 2.34. The summed E-state index contributed by atoms with van der Waals surface area (Å²) in [5.74, 6) is -1.62. The highest BCUT2D eigenvalue weighted by Crippen LogP contribution is 2.27. The van der Waals surface area contributed by atoms with E-state index in [4.69, 9.17) is 0 Å². The molecule has 6 nitrogen and oxygen atoms in total. The molecule has 0 aliphatic carbocycles. The Kier molecular flexibility index (Phi) is 4.27. The van der Waals surface area contributed by atoms with Gasteiger partial charge in [0.2, 0.25) is 5.91 Å². The lowest BCUT2D eigenvalue weighted by Gasteiger charge is -2.27. The van der Waals surface area contributed by atoms with Gasteiger partial charge in [0.05, 0.1) is 0 Å². The van der Waals surface area contributed by atoms with Crippen molar-refractivity contribution < 1.29 is 18.8 Å². The molecule has 1 N–H and O–H groups in total. The topological polar surface area (TPSA) is 69.7 Å². The molecule has 2 fully saturated rings. The number of piperazine rings is 1. The predicted octanol–water partition coefficient (Wildman–Crippen LogP) is 0.1000. The van der Waals surface area contributed by atoms with Gasteiger partial charge in [-0.15, -0.1) is 0 Å². The van der Waals surface area contributed by atoms with Crippen molar-refractivity contribution in [2.24, 2.45) is 0 Å². The fraction of sp³-hybridized carbons (Fsp3) is 0.438. The van der Waals surface area contributed by atoms with Crippen LogP contribution in [0.3, 0.4) is 0 Å². The summed E-state index contributed by atoms with van der Waals surface area (Å²) in [5, 5.41) is 2.62. The average molecular weight is 319 g/mol. The molecule has 7 heteroatoms. The number of likely N-dealkylation sites (tertiary alicyclic amines) is 1. The van der Waals surface area contributed by atoms with Crippen molar-refractivity contribution in [1.29, 1.82) is 0 Å². The standard InChI is InChI=1S/C16H18FN3O3/c17-13-3-1-11(2-4-13)12-5-7-19(9-12)15(22)16(23)20-8-6-18-14(21)10-20/h1-4,12H,5-10H2,(H,18,21). The van der Waals surface area contributed by atoms with E-state index in [-0.39, 0.29) is 24.2 Å². The van der Waals surface area contributed by atoms with E-state index >= 15 is 0 Å². The van der Waals surface area contributed by atoms with Crippen molar-refractivity contribution in [3.8, 4) is 0 Å². The molecule has 3 amide bonds. The lowest BCUT2D eigenvalue weighted by molar-refractivity contribution is -0.153. The zero-order valence-electron chi connectivity index (χ0n) is 12.6. The molecular weight excluding hydrogens is 301 g/mol. The number of hydrogen-bond donors (Lipinski definition) is 1. The highest BCUT2D eigenvalue weighted by atomic mass is 19.1. The first-order valence-corrected chi connectivity index (χ1v) is 7.65. The summed E-state index contributed by atoms with van der Waals surface area (Å²) in [4.78, 5) is 38.7. The Morgan fingerprint density at radius 2 is 1.78 bits per heavy atom. The van der Waals surface area contributed by atoms with Gasteiger partial charge in [-0.05, 0) is 24.1 Å². The molecule has 1 atom stereocenters. The van der Waals surface area contributed by atoms with Crippen LogP contribution in [0.15, 0.2) is 24.3 Å². The Bertz CT molecular complexity index is 632. The van der Waals surface area contributed by atoms with Gasteiger partial charge in [-0.3, -0.25) is 14.4 Å². The number of halogens is 1. The second-order valence-electron chi connectivity index (χ2n) is 5.86. The monoisotopic (exact) mass is 319 g/mol. The second kappa shape index (κ2) is 6.36. The first-order valence-electron chi connectivity index (χ1n) is 7.65. The first-order chi connectivity index (χ1) is 11.0. The first kappa shape index (κ1) is 15.5. The third-order valence-electron chi connectivity index (χ3n) is 4.33. The van der Waals surface area contributed by atoms with Gasteiger partial charge in [0.1, 0.15) is 12.4 Å². The number of carbonyl (C=O) groups is 3. The lowest BCUT2D eigenvalue weighted by atomic mass is 9.99. The zero-order valence-corrected chi connectivity index (χ0v) is 12.6. The van der Waals surface area contributed by atoms with Crippen molar-refractivity contribution in [1.82, 2.24) is 15.1 Å². The minimum atomic E-state index is -0.625. The van der Waals surface area contributed by atoms with Gasteiger partial charge < -0.3 is 15.1 Å². The van der Waals surface area contributed by atoms with Gasteiger partial charge in [-0.25, -0.2) is 4.39 Å². The van der Waals surface area contributed by atoms with E-state index in [2.05, 4.69) is 5.32 Å². The van der Waals surface area contributed by atoms with E-state index in [1.54, 1.807) is 12.1 Å². The molecule has 0 bridgehead atoms. The Balaban J connectivity index is 1.61. The van der Waals surface area contributed by atoms with Gasteiger partial charge in [0, 0.05) is 32.1 Å². The van der Waals surface area contributed by atoms with Crippen LogP contribution in [0.1, 0.15) is 17.9 Å². The van der Waals surface area contributed by atoms with Crippen molar-refractivity contribution in [3.63, 3.8) is 0 Å². The van der Waals surface area contributed by atoms with Crippen LogP contribution in [-0.4, -0.2) is 60.2 Å². The summed E-state index contributed by atoms with van der Waals surface area (Å²) >= 11 is 0. The Morgan fingerprint density at radius 1 is 1.09 bits per heavy atom. The average Bonchev–Trinajstić information content (AvgIpc) is 3.04. The fourth-order valence-electron chi connectivity index (χ4n) is 3.03. The molecule has 122 valence electrons. The smallest absolute Gasteiger partial charge is 0.312 e. The van der Waals surface area contributed by atoms with Gasteiger partial charge in [-0.1, -0.05) is 12.1 Å². The Labute approximate surface area is 133 Å². The van der Waals surface area contributed by atoms with Crippen LogP contribution in [0.5, 0.6) is 0 Å². The highest BCUT2D eigenvalue weighted by molar-refractivity contribution is 6.35. The van der Waals surface area contributed by atoms with Crippen molar-refractivity contribution in [3.05, 3.63) is 35.6 Å². The zero-order chi connectivity index (χ0) is 16.4. The number of amides is 3. The van der Waals surface area contributed by atoms with Crippen LogP contribution < -0.4 is 5.32 Å². The molecule has 3 rings (SSSR count). The Morgan fingerprint density at radius 3 is 2.48 bits per heavy atom. The fourth-order valence-corrected chi connectivity index (χ4v) is 3.03. The molecule has 0 radical (unpaired) electrons. The predicted molar refractivity (Wildman–Crippen MR) is 79.9 cm³/mol. The van der Waals surface area contributed by atoms with Crippen LogP contribution in [-0.2, 0) is 14.4 Å². The van der Waals surface area contributed by atoms with Crippen LogP contribution in [0, 0.1) is 5.82 Å². The van der Waals surface area contributed by atoms with Crippen LogP contribution >= 0.6 is 0 Å². The van der Waals surface area contributed by atoms with Gasteiger partial charge >= 0.3 is 11.8 Å². The molecule has 0 spiro atoms. The minimum absolute atomic E-state index is 0.0696. The van der Waals surface area contributed by atoms with E-state index in [0.29, 0.717) is 26.2 Å². The van der Waals surface area contributed by atoms with E-state index in [1.807, 2.05) is 0 Å². The van der Waals surface area contributed by atoms with E-state index in [1.165, 1.54) is 21.9 Å². The molecule has 0 aromatic heterocycles. The number of hydrogen-bond acceptors (Lipinski definition) is 3. The molecule has 2 heterocycles. The maximum absolute atomic E-state index is 13.0. The number of rotatable bonds is 1. The summed E-state index contributed by atoms with van der Waals surface area (Å²) in [6.07, 6.45) is 0.741. The largest absolute Gasteiger partial charge is 0.353 e. The molecular formula is C16H18FN3O3. The maximum Gasteiger partial charge on any atom is 0.312 e. The van der Waals surface area contributed by atoms with Gasteiger partial charge in [0.25, 0.3) is 0 Å². The Hall–Kier alpha value is -2.44. The number of nitrogens with one attached hydrogen (secondary N) is 1. The van der Waals surface area contributed by atoms with Gasteiger partial charge in [-0.2, -0.15) is 0 Å². The van der Waals surface area contributed by atoms with Gasteiger partial charge in [0.15, 0.2) is 0 Å². The van der Waals surface area contributed by atoms with Crippen LogP contribution in [0.2, 0.25) is 0 Å². The SMILES string of the molecule is O=C1CN(C(=O)C(=O)N2CCC(c3ccc(F)cc3)C2)CCN1. The van der Waals surface area contributed by atoms with Crippen molar-refractivity contribution >= 4 is 17.7 Å². The molecule has 23 heavy (non-hydrogen) atoms. The minimum Gasteiger partial charge on any atom is -0.353 e. The molecule has 1 aromatic carbocycles. The molecule has 1 unspecified atom stereocenters. The molecule has 2 aliphatic rings. The maximum atomic E-state index is 13.0. The van der Waals surface area contributed by atoms with E-state index in [9.17, 15) is 18.8 Å². The summed E-state index contributed by atoms with van der Waals surface area (Å²) in [6, 6.07) is 6.23. The van der Waals surface area contributed by atoms with Crippen LogP contribution in [0.4, 0.5) is 4.39 Å². The van der Waals surface area contributed by atoms with Crippen LogP contribution in [0.25, 0.3) is 0 Å². The third-order valence-corrected chi connectivity index (χ3v) is 4.33. The van der Waals surface area contributed by atoms with E-state index < -0.39 is 11.8 Å². The summed E-state index contributed by atoms with van der Waals surface area (Å²) in [6.45, 7) is 1.59. The number of benzene rings is 1. The summed E-state index contributed by atoms with van der Waals surface area (Å²) in [5.41, 5.74) is 0.964. The molecule has 2 aliphatic heterocycles. The van der Waals surface area contributed by atoms with E-state index in [0.717, 1.165) is 12.0 Å². The summed E-state index contributed by atoms with van der Waals surface area (Å²) < 4.78 is 13.0. The summed E-state index contributed by atoms with van der Waals surface area (Å²) in [7, 11) is 0. The number of nitrogens with zero attached hydrogens (tertiary/aromatic N) is 2. The molecule has 1 aromatic rings. The quantitative estimate of drug-likeness (QED) is 0.747. The van der Waals surface area contributed by atoms with Crippen molar-refractivity contribution in [2.75, 3.05) is 32.7 Å². The second-order valence-corrected chi connectivity index (χ2v) is 5.86. The lowest BCUT2D eigenvalue weighted by Crippen LogP contribution is -2.54. The van der Waals surface area contributed by atoms with Crippen molar-refractivity contribution in [2.45, 2.75) is 12.3 Å². The third kappa shape index (κ3) is 3.33. The molecule has 0 saturated carbocycles. The normalized spacial score (nSPS) is 21.3.